The summed E-state index contributed by atoms with van der Waals surface area (Å²) in [4.78, 5) is 24.1. The van der Waals surface area contributed by atoms with Gasteiger partial charge < -0.3 is 14.8 Å². The molecular weight excluding hydrogens is 339 g/mol. The standard InChI is InChI=1S/C19H17FN2O4/c1-12(18(23)22-16-7-3-14(11-21)4-8-16)26-19(24)13(2)25-17-9-5-15(20)6-10-17/h3-10,12-13H,1-2H3,(H,22,23)/t12-,13+/m0/s1. The van der Waals surface area contributed by atoms with E-state index < -0.39 is 29.9 Å². The van der Waals surface area contributed by atoms with Gasteiger partial charge in [0.15, 0.2) is 12.2 Å². The fourth-order valence-corrected chi connectivity index (χ4v) is 1.96. The molecule has 0 aliphatic rings. The SMILES string of the molecule is C[C@H](OC(=O)[C@@H](C)Oc1ccc(F)cc1)C(=O)Nc1ccc(C#N)cc1. The number of hydrogen-bond donors (Lipinski definition) is 1. The smallest absolute Gasteiger partial charge is 0.347 e. The van der Waals surface area contributed by atoms with E-state index in [0.29, 0.717) is 17.0 Å². The molecule has 0 radical (unpaired) electrons. The van der Waals surface area contributed by atoms with Crippen LogP contribution in [-0.4, -0.2) is 24.1 Å². The average molecular weight is 356 g/mol. The van der Waals surface area contributed by atoms with Crippen LogP contribution in [0.5, 0.6) is 5.75 Å². The summed E-state index contributed by atoms with van der Waals surface area (Å²) >= 11 is 0. The Bertz CT molecular complexity index is 813. The van der Waals surface area contributed by atoms with Crippen molar-refractivity contribution in [2.45, 2.75) is 26.1 Å². The lowest BCUT2D eigenvalue weighted by Gasteiger charge is -2.17. The number of hydrogen-bond acceptors (Lipinski definition) is 5. The summed E-state index contributed by atoms with van der Waals surface area (Å²) in [6.07, 6.45) is -2.01. The lowest BCUT2D eigenvalue weighted by Crippen LogP contribution is -2.35. The number of nitriles is 1. The van der Waals surface area contributed by atoms with Gasteiger partial charge in [-0.25, -0.2) is 9.18 Å². The van der Waals surface area contributed by atoms with Gasteiger partial charge in [-0.1, -0.05) is 0 Å². The first-order valence-corrected chi connectivity index (χ1v) is 7.83. The first-order chi connectivity index (χ1) is 12.4. The van der Waals surface area contributed by atoms with E-state index in [1.54, 1.807) is 24.3 Å². The molecule has 1 N–H and O–H groups in total. The monoisotopic (exact) mass is 356 g/mol. The summed E-state index contributed by atoms with van der Waals surface area (Å²) in [5, 5.41) is 11.3. The zero-order valence-corrected chi connectivity index (χ0v) is 14.2. The molecule has 2 atom stereocenters. The maximum Gasteiger partial charge on any atom is 0.347 e. The lowest BCUT2D eigenvalue weighted by molar-refractivity contribution is -0.159. The van der Waals surface area contributed by atoms with Gasteiger partial charge in [0.25, 0.3) is 5.91 Å². The summed E-state index contributed by atoms with van der Waals surface area (Å²) in [7, 11) is 0. The highest BCUT2D eigenvalue weighted by Crippen LogP contribution is 2.14. The van der Waals surface area contributed by atoms with Crippen molar-refractivity contribution in [2.24, 2.45) is 0 Å². The van der Waals surface area contributed by atoms with E-state index in [4.69, 9.17) is 14.7 Å². The topological polar surface area (TPSA) is 88.4 Å². The van der Waals surface area contributed by atoms with Gasteiger partial charge in [-0.2, -0.15) is 5.26 Å². The number of nitrogens with one attached hydrogen (secondary N) is 1. The summed E-state index contributed by atoms with van der Waals surface area (Å²) in [6.45, 7) is 2.90. The number of carbonyl (C=O) groups excluding carboxylic acids is 2. The molecule has 2 aromatic rings. The highest BCUT2D eigenvalue weighted by Gasteiger charge is 2.23. The van der Waals surface area contributed by atoms with E-state index in [9.17, 15) is 14.0 Å². The van der Waals surface area contributed by atoms with Gasteiger partial charge in [0.05, 0.1) is 11.6 Å². The molecule has 7 heteroatoms. The van der Waals surface area contributed by atoms with Crippen LogP contribution in [0.1, 0.15) is 19.4 Å². The van der Waals surface area contributed by atoms with Gasteiger partial charge in [0, 0.05) is 5.69 Å². The quantitative estimate of drug-likeness (QED) is 0.804. The molecule has 0 fully saturated rings. The minimum absolute atomic E-state index is 0.311. The van der Waals surface area contributed by atoms with E-state index in [0.717, 1.165) is 0 Å². The first-order valence-electron chi connectivity index (χ1n) is 7.83. The van der Waals surface area contributed by atoms with Crippen molar-refractivity contribution >= 4 is 17.6 Å². The van der Waals surface area contributed by atoms with E-state index >= 15 is 0 Å². The Morgan fingerprint density at radius 1 is 1.04 bits per heavy atom. The van der Waals surface area contributed by atoms with E-state index in [1.807, 2.05) is 6.07 Å². The van der Waals surface area contributed by atoms with Crippen LogP contribution in [0.25, 0.3) is 0 Å². The molecule has 0 spiro atoms. The number of rotatable bonds is 6. The maximum absolute atomic E-state index is 12.9. The molecule has 0 bridgehead atoms. The van der Waals surface area contributed by atoms with Gasteiger partial charge >= 0.3 is 5.97 Å². The number of halogens is 1. The van der Waals surface area contributed by atoms with Crippen molar-refractivity contribution in [3.63, 3.8) is 0 Å². The maximum atomic E-state index is 12.9. The number of benzene rings is 2. The second kappa shape index (κ2) is 8.62. The van der Waals surface area contributed by atoms with Gasteiger partial charge in [0.2, 0.25) is 0 Å². The van der Waals surface area contributed by atoms with Crippen LogP contribution in [0.15, 0.2) is 48.5 Å². The zero-order valence-electron chi connectivity index (χ0n) is 14.2. The van der Waals surface area contributed by atoms with Crippen LogP contribution >= 0.6 is 0 Å². The molecule has 134 valence electrons. The summed E-state index contributed by atoms with van der Waals surface area (Å²) in [5.74, 6) is -1.35. The van der Waals surface area contributed by atoms with Crippen molar-refractivity contribution in [3.05, 3.63) is 59.9 Å². The third-order valence-electron chi connectivity index (χ3n) is 3.40. The van der Waals surface area contributed by atoms with Gasteiger partial charge in [-0.05, 0) is 62.4 Å². The highest BCUT2D eigenvalue weighted by atomic mass is 19.1. The highest BCUT2D eigenvalue weighted by molar-refractivity contribution is 5.95. The van der Waals surface area contributed by atoms with Gasteiger partial charge in [-0.15, -0.1) is 0 Å². The van der Waals surface area contributed by atoms with Crippen LogP contribution in [0.4, 0.5) is 10.1 Å². The number of nitrogens with zero attached hydrogens (tertiary/aromatic N) is 1. The number of esters is 1. The number of carbonyl (C=O) groups is 2. The second-order valence-corrected chi connectivity index (χ2v) is 5.47. The molecule has 26 heavy (non-hydrogen) atoms. The molecule has 0 heterocycles. The third kappa shape index (κ3) is 5.31. The summed E-state index contributed by atoms with van der Waals surface area (Å²) < 4.78 is 23.3. The fraction of sp³-hybridized carbons (Fsp3) is 0.211. The number of anilines is 1. The molecule has 1 amide bonds. The van der Waals surface area contributed by atoms with Crippen LogP contribution in [0.2, 0.25) is 0 Å². The normalized spacial score (nSPS) is 12.4. The number of amides is 1. The minimum Gasteiger partial charge on any atom is -0.479 e. The van der Waals surface area contributed by atoms with Crippen molar-refractivity contribution < 1.29 is 23.5 Å². The second-order valence-electron chi connectivity index (χ2n) is 5.47. The first kappa shape index (κ1) is 18.9. The fourth-order valence-electron chi connectivity index (χ4n) is 1.96. The van der Waals surface area contributed by atoms with Crippen molar-refractivity contribution in [1.82, 2.24) is 0 Å². The largest absolute Gasteiger partial charge is 0.479 e. The molecule has 0 saturated carbocycles. The van der Waals surface area contributed by atoms with Crippen LogP contribution in [0, 0.1) is 17.1 Å². The molecule has 2 aromatic carbocycles. The Labute approximate surface area is 150 Å². The van der Waals surface area contributed by atoms with Crippen LogP contribution < -0.4 is 10.1 Å². The molecule has 0 saturated heterocycles. The summed E-state index contributed by atoms with van der Waals surface area (Å²) in [6, 6.07) is 13.4. The Morgan fingerprint density at radius 3 is 2.23 bits per heavy atom. The Morgan fingerprint density at radius 2 is 1.65 bits per heavy atom. The molecule has 0 aliphatic heterocycles. The lowest BCUT2D eigenvalue weighted by atomic mass is 10.2. The average Bonchev–Trinajstić information content (AvgIpc) is 2.64. The minimum atomic E-state index is -1.04. The Hall–Kier alpha value is -3.40. The van der Waals surface area contributed by atoms with Gasteiger partial charge in [-0.3, -0.25) is 4.79 Å². The molecule has 0 aliphatic carbocycles. The van der Waals surface area contributed by atoms with Crippen LogP contribution in [-0.2, 0) is 14.3 Å². The van der Waals surface area contributed by atoms with Crippen molar-refractivity contribution in [3.8, 4) is 11.8 Å². The predicted molar refractivity (Wildman–Crippen MR) is 91.8 cm³/mol. The molecule has 0 aromatic heterocycles. The van der Waals surface area contributed by atoms with Crippen molar-refractivity contribution in [2.75, 3.05) is 5.32 Å². The molecule has 2 rings (SSSR count). The van der Waals surface area contributed by atoms with Crippen LogP contribution in [0.3, 0.4) is 0 Å². The predicted octanol–water partition coefficient (Wildman–Crippen LogP) is 3.04. The van der Waals surface area contributed by atoms with E-state index in [2.05, 4.69) is 5.32 Å². The molecule has 0 unspecified atom stereocenters. The molecule has 6 nitrogen and oxygen atoms in total. The Balaban J connectivity index is 1.87. The Kier molecular flexibility index (Phi) is 6.28. The van der Waals surface area contributed by atoms with E-state index in [-0.39, 0.29) is 0 Å². The summed E-state index contributed by atoms with van der Waals surface area (Å²) in [5.41, 5.74) is 0.946. The van der Waals surface area contributed by atoms with Crippen molar-refractivity contribution in [1.29, 1.82) is 5.26 Å². The molecular formula is C19H17FN2O4. The third-order valence-corrected chi connectivity index (χ3v) is 3.40. The zero-order chi connectivity index (χ0) is 19.1. The van der Waals surface area contributed by atoms with Gasteiger partial charge in [0.1, 0.15) is 11.6 Å². The van der Waals surface area contributed by atoms with E-state index in [1.165, 1.54) is 38.1 Å². The number of ether oxygens (including phenoxy) is 2.